The number of benzene rings is 2. The minimum Gasteiger partial charge on any atom is -0.497 e. The smallest absolute Gasteiger partial charge is 0.274 e. The number of carbonyl (C=O) groups is 1. The van der Waals surface area contributed by atoms with Crippen LogP contribution in [-0.4, -0.2) is 42.1 Å². The fourth-order valence-corrected chi connectivity index (χ4v) is 4.43. The van der Waals surface area contributed by atoms with Crippen molar-refractivity contribution in [2.75, 3.05) is 20.2 Å². The van der Waals surface area contributed by atoms with Gasteiger partial charge in [0.25, 0.3) is 11.1 Å². The number of likely N-dealkylation sites (tertiary alicyclic amines) is 1. The van der Waals surface area contributed by atoms with E-state index in [1.54, 1.807) is 7.11 Å². The van der Waals surface area contributed by atoms with Crippen molar-refractivity contribution in [2.45, 2.75) is 32.8 Å². The number of thiazole rings is 1. The number of amides is 1. The summed E-state index contributed by atoms with van der Waals surface area (Å²) in [5.74, 6) is 0.938. The maximum Gasteiger partial charge on any atom is 0.274 e. The minimum atomic E-state index is 0.0881. The maximum absolute atomic E-state index is 12.9. The molecule has 3 aromatic rings. The summed E-state index contributed by atoms with van der Waals surface area (Å²) in [6.07, 6.45) is 1.72. The van der Waals surface area contributed by atoms with E-state index >= 15 is 0 Å². The molecule has 2 heterocycles. The number of hydrogen-bond acceptors (Lipinski definition) is 5. The van der Waals surface area contributed by atoms with E-state index < -0.39 is 0 Å². The van der Waals surface area contributed by atoms with Gasteiger partial charge >= 0.3 is 0 Å². The van der Waals surface area contributed by atoms with Crippen molar-refractivity contribution >= 4 is 27.5 Å². The summed E-state index contributed by atoms with van der Waals surface area (Å²) in [5, 5.41) is 0.683. The minimum absolute atomic E-state index is 0.0881. The van der Waals surface area contributed by atoms with Gasteiger partial charge in [-0.3, -0.25) is 4.79 Å². The molecule has 0 atom stereocenters. The maximum atomic E-state index is 12.9. The third-order valence-electron chi connectivity index (χ3n) is 5.20. The van der Waals surface area contributed by atoms with E-state index in [1.165, 1.54) is 11.3 Å². The first-order valence-corrected chi connectivity index (χ1v) is 10.3. The second-order valence-corrected chi connectivity index (χ2v) is 8.23. The van der Waals surface area contributed by atoms with Gasteiger partial charge in [0, 0.05) is 31.5 Å². The predicted molar refractivity (Wildman–Crippen MR) is 112 cm³/mol. The van der Waals surface area contributed by atoms with E-state index in [9.17, 15) is 4.79 Å². The molecule has 0 aliphatic carbocycles. The molecule has 1 aromatic heterocycles. The Labute approximate surface area is 168 Å². The number of nitrogens with zero attached hydrogens (tertiary/aromatic N) is 2. The third kappa shape index (κ3) is 3.83. The number of rotatable bonds is 4. The number of fused-ring (bicyclic) bond motifs is 1. The van der Waals surface area contributed by atoms with Gasteiger partial charge in [-0.1, -0.05) is 29.0 Å². The zero-order valence-corrected chi connectivity index (χ0v) is 17.2. The van der Waals surface area contributed by atoms with Crippen LogP contribution in [0.5, 0.6) is 10.9 Å². The van der Waals surface area contributed by atoms with Crippen LogP contribution in [0.1, 0.15) is 34.3 Å². The van der Waals surface area contributed by atoms with Crippen molar-refractivity contribution in [3.8, 4) is 10.9 Å². The van der Waals surface area contributed by atoms with E-state index in [4.69, 9.17) is 9.47 Å². The zero-order valence-electron chi connectivity index (χ0n) is 16.4. The van der Waals surface area contributed by atoms with E-state index in [0.29, 0.717) is 18.3 Å². The van der Waals surface area contributed by atoms with Gasteiger partial charge in [0.1, 0.15) is 11.9 Å². The summed E-state index contributed by atoms with van der Waals surface area (Å²) in [5.41, 5.74) is 3.86. The summed E-state index contributed by atoms with van der Waals surface area (Å²) in [7, 11) is 1.66. The van der Waals surface area contributed by atoms with Crippen LogP contribution in [0.25, 0.3) is 10.2 Å². The average Bonchev–Trinajstić information content (AvgIpc) is 3.11. The quantitative estimate of drug-likeness (QED) is 0.646. The first-order chi connectivity index (χ1) is 13.5. The lowest BCUT2D eigenvalue weighted by molar-refractivity contribution is 0.0595. The summed E-state index contributed by atoms with van der Waals surface area (Å²) in [6.45, 7) is 5.42. The Morgan fingerprint density at radius 2 is 1.93 bits per heavy atom. The van der Waals surface area contributed by atoms with E-state index in [0.717, 1.165) is 45.5 Å². The number of aromatic nitrogens is 1. The van der Waals surface area contributed by atoms with Gasteiger partial charge in [-0.15, -0.1) is 0 Å². The molecule has 1 amide bonds. The summed E-state index contributed by atoms with van der Waals surface area (Å²) < 4.78 is 12.4. The predicted octanol–water partition coefficient (Wildman–Crippen LogP) is 4.61. The fraction of sp³-hybridized carbons (Fsp3) is 0.364. The Balaban J connectivity index is 1.39. The van der Waals surface area contributed by atoms with Crippen molar-refractivity contribution < 1.29 is 14.3 Å². The second kappa shape index (κ2) is 7.80. The van der Waals surface area contributed by atoms with Crippen LogP contribution < -0.4 is 9.47 Å². The highest BCUT2D eigenvalue weighted by Gasteiger charge is 2.26. The Hall–Kier alpha value is -2.60. The van der Waals surface area contributed by atoms with Crippen molar-refractivity contribution in [3.05, 3.63) is 53.1 Å². The molecule has 1 aliphatic heterocycles. The van der Waals surface area contributed by atoms with Gasteiger partial charge in [-0.25, -0.2) is 4.98 Å². The number of ether oxygens (including phenoxy) is 2. The molecular weight excluding hydrogens is 372 g/mol. The standard InChI is InChI=1S/C22H24N2O3S/c1-14-4-5-15(2)18(12-14)21(25)24-10-8-16(9-11-24)27-22-23-19-7-6-17(26-3)13-20(19)28-22/h4-7,12-13,16H,8-11H2,1-3H3. The first-order valence-electron chi connectivity index (χ1n) is 9.51. The van der Waals surface area contributed by atoms with Crippen LogP contribution in [-0.2, 0) is 0 Å². The lowest BCUT2D eigenvalue weighted by Crippen LogP contribution is -2.42. The monoisotopic (exact) mass is 396 g/mol. The molecule has 1 aliphatic rings. The second-order valence-electron chi connectivity index (χ2n) is 7.24. The fourth-order valence-electron chi connectivity index (χ4n) is 3.52. The third-order valence-corrected chi connectivity index (χ3v) is 6.11. The number of carbonyl (C=O) groups excluding carboxylic acids is 1. The van der Waals surface area contributed by atoms with Gasteiger partial charge in [0.05, 0.1) is 17.3 Å². The zero-order chi connectivity index (χ0) is 19.7. The molecule has 1 fully saturated rings. The molecule has 28 heavy (non-hydrogen) atoms. The molecule has 2 aromatic carbocycles. The molecule has 0 saturated carbocycles. The Morgan fingerprint density at radius 1 is 1.14 bits per heavy atom. The highest BCUT2D eigenvalue weighted by Crippen LogP contribution is 2.32. The molecule has 0 radical (unpaired) electrons. The number of methoxy groups -OCH3 is 1. The largest absolute Gasteiger partial charge is 0.497 e. The summed E-state index contributed by atoms with van der Waals surface area (Å²) in [6, 6.07) is 11.9. The lowest BCUT2D eigenvalue weighted by atomic mass is 10.0. The summed E-state index contributed by atoms with van der Waals surface area (Å²) in [4.78, 5) is 19.4. The molecule has 0 N–H and O–H groups in total. The Bertz CT molecular complexity index is 1010. The number of hydrogen-bond donors (Lipinski definition) is 0. The molecule has 0 bridgehead atoms. The molecule has 0 unspecified atom stereocenters. The highest BCUT2D eigenvalue weighted by molar-refractivity contribution is 7.20. The molecule has 0 spiro atoms. The van der Waals surface area contributed by atoms with Crippen LogP contribution in [0.2, 0.25) is 0 Å². The van der Waals surface area contributed by atoms with Gasteiger partial charge < -0.3 is 14.4 Å². The van der Waals surface area contributed by atoms with Crippen LogP contribution in [0.15, 0.2) is 36.4 Å². The first kappa shape index (κ1) is 18.7. The molecular formula is C22H24N2O3S. The Morgan fingerprint density at radius 3 is 2.68 bits per heavy atom. The van der Waals surface area contributed by atoms with Crippen molar-refractivity contribution in [1.82, 2.24) is 9.88 Å². The van der Waals surface area contributed by atoms with Gasteiger partial charge in [-0.05, 0) is 43.7 Å². The van der Waals surface area contributed by atoms with Crippen LogP contribution in [0.4, 0.5) is 0 Å². The van der Waals surface area contributed by atoms with E-state index in [1.807, 2.05) is 55.1 Å². The van der Waals surface area contributed by atoms with Crippen molar-refractivity contribution in [3.63, 3.8) is 0 Å². The number of piperidine rings is 1. The normalized spacial score (nSPS) is 15.0. The van der Waals surface area contributed by atoms with Crippen LogP contribution in [0.3, 0.4) is 0 Å². The van der Waals surface area contributed by atoms with Crippen molar-refractivity contribution in [1.29, 1.82) is 0 Å². The lowest BCUT2D eigenvalue weighted by Gasteiger charge is -2.32. The van der Waals surface area contributed by atoms with E-state index in [2.05, 4.69) is 4.98 Å². The topological polar surface area (TPSA) is 51.7 Å². The van der Waals surface area contributed by atoms with Crippen LogP contribution >= 0.6 is 11.3 Å². The molecule has 4 rings (SSSR count). The Kier molecular flexibility index (Phi) is 5.22. The molecule has 5 nitrogen and oxygen atoms in total. The van der Waals surface area contributed by atoms with Gasteiger partial charge in [0.2, 0.25) is 0 Å². The summed E-state index contributed by atoms with van der Waals surface area (Å²) >= 11 is 1.53. The SMILES string of the molecule is COc1ccc2nc(OC3CCN(C(=O)c4cc(C)ccc4C)CC3)sc2c1. The molecule has 6 heteroatoms. The molecule has 146 valence electrons. The van der Waals surface area contributed by atoms with Gasteiger partial charge in [0.15, 0.2) is 0 Å². The highest BCUT2D eigenvalue weighted by atomic mass is 32.1. The van der Waals surface area contributed by atoms with E-state index in [-0.39, 0.29) is 12.0 Å². The molecule has 1 saturated heterocycles. The average molecular weight is 397 g/mol. The van der Waals surface area contributed by atoms with Crippen LogP contribution in [0, 0.1) is 13.8 Å². The van der Waals surface area contributed by atoms with Gasteiger partial charge in [-0.2, -0.15) is 0 Å². The number of aryl methyl sites for hydroxylation is 2. The van der Waals surface area contributed by atoms with Crippen molar-refractivity contribution in [2.24, 2.45) is 0 Å².